The van der Waals surface area contributed by atoms with Gasteiger partial charge in [-0.2, -0.15) is 5.10 Å². The van der Waals surface area contributed by atoms with Gasteiger partial charge in [0.1, 0.15) is 17.9 Å². The number of amides is 1. The van der Waals surface area contributed by atoms with Crippen LogP contribution in [0, 0.1) is 5.82 Å². The van der Waals surface area contributed by atoms with Gasteiger partial charge >= 0.3 is 0 Å². The molecule has 8 heteroatoms. The Bertz CT molecular complexity index is 1100. The number of nitrogens with one attached hydrogen (secondary N) is 1. The first-order valence-corrected chi connectivity index (χ1v) is 8.35. The number of rotatable bonds is 5. The van der Waals surface area contributed by atoms with E-state index in [1.165, 1.54) is 24.5 Å². The molecule has 0 aliphatic carbocycles. The molecule has 0 saturated carbocycles. The zero-order valence-corrected chi connectivity index (χ0v) is 14.5. The van der Waals surface area contributed by atoms with Crippen molar-refractivity contribution < 1.29 is 13.9 Å². The number of anilines is 1. The Hall–Kier alpha value is -4.07. The Labute approximate surface area is 159 Å². The highest BCUT2D eigenvalue weighted by atomic mass is 19.1. The molecule has 28 heavy (non-hydrogen) atoms. The molecule has 0 aliphatic heterocycles. The van der Waals surface area contributed by atoms with Gasteiger partial charge in [-0.25, -0.2) is 19.0 Å². The van der Waals surface area contributed by atoms with Crippen molar-refractivity contribution in [3.63, 3.8) is 0 Å². The lowest BCUT2D eigenvalue weighted by molar-refractivity contribution is 0.102. The van der Waals surface area contributed by atoms with E-state index in [1.807, 2.05) is 0 Å². The summed E-state index contributed by atoms with van der Waals surface area (Å²) in [6.07, 6.45) is 4.80. The maximum atomic E-state index is 13.7. The monoisotopic (exact) mass is 375 g/mol. The first-order valence-electron chi connectivity index (χ1n) is 8.35. The van der Waals surface area contributed by atoms with Gasteiger partial charge in [0.25, 0.3) is 5.91 Å². The Balaban J connectivity index is 1.45. The number of hydrogen-bond acceptors (Lipinski definition) is 5. The molecule has 0 atom stereocenters. The molecule has 1 N–H and O–H groups in total. The highest BCUT2D eigenvalue weighted by molar-refractivity contribution is 6.04. The molecule has 0 aliphatic rings. The van der Waals surface area contributed by atoms with Gasteiger partial charge in [-0.05, 0) is 42.5 Å². The number of hydrogen-bond donors (Lipinski definition) is 1. The summed E-state index contributed by atoms with van der Waals surface area (Å²) in [5.74, 6) is 0.351. The van der Waals surface area contributed by atoms with Crippen LogP contribution in [0.4, 0.5) is 10.1 Å². The third kappa shape index (κ3) is 3.85. The molecule has 0 spiro atoms. The van der Waals surface area contributed by atoms with Crippen LogP contribution >= 0.6 is 0 Å². The van der Waals surface area contributed by atoms with Crippen LogP contribution in [-0.4, -0.2) is 25.7 Å². The van der Waals surface area contributed by atoms with Crippen molar-refractivity contribution in [2.75, 3.05) is 5.32 Å². The quantitative estimate of drug-likeness (QED) is 0.573. The van der Waals surface area contributed by atoms with E-state index in [1.54, 1.807) is 59.5 Å². The third-order valence-corrected chi connectivity index (χ3v) is 3.82. The van der Waals surface area contributed by atoms with Gasteiger partial charge in [0.05, 0.1) is 5.56 Å². The van der Waals surface area contributed by atoms with Crippen LogP contribution in [-0.2, 0) is 0 Å². The van der Waals surface area contributed by atoms with Gasteiger partial charge in [-0.1, -0.05) is 12.1 Å². The van der Waals surface area contributed by atoms with Crippen LogP contribution in [0.5, 0.6) is 11.6 Å². The largest absolute Gasteiger partial charge is 0.439 e. The summed E-state index contributed by atoms with van der Waals surface area (Å²) in [5.41, 5.74) is 0.496. The predicted octanol–water partition coefficient (Wildman–Crippen LogP) is 3.85. The average Bonchev–Trinajstić information content (AvgIpc) is 3.25. The lowest BCUT2D eigenvalue weighted by Crippen LogP contribution is -2.13. The number of nitrogens with zero attached hydrogens (tertiary/aromatic N) is 4. The van der Waals surface area contributed by atoms with Crippen molar-refractivity contribution in [3.05, 3.63) is 90.8 Å². The van der Waals surface area contributed by atoms with Crippen molar-refractivity contribution in [1.29, 1.82) is 0 Å². The third-order valence-electron chi connectivity index (χ3n) is 3.82. The minimum absolute atomic E-state index is 0.0186. The molecule has 0 unspecified atom stereocenters. The highest BCUT2D eigenvalue weighted by Gasteiger charge is 2.11. The smallest absolute Gasteiger partial charge is 0.258 e. The molecule has 0 bridgehead atoms. The van der Waals surface area contributed by atoms with Crippen molar-refractivity contribution >= 4 is 11.6 Å². The van der Waals surface area contributed by atoms with Crippen molar-refractivity contribution in [2.45, 2.75) is 0 Å². The number of halogens is 1. The van der Waals surface area contributed by atoms with Crippen LogP contribution in [0.15, 0.2) is 79.4 Å². The van der Waals surface area contributed by atoms with E-state index in [2.05, 4.69) is 20.4 Å². The average molecular weight is 375 g/mol. The Kier molecular flexibility index (Phi) is 4.75. The van der Waals surface area contributed by atoms with Crippen molar-refractivity contribution in [2.24, 2.45) is 0 Å². The second-order valence-corrected chi connectivity index (χ2v) is 5.73. The summed E-state index contributed by atoms with van der Waals surface area (Å²) in [6.45, 7) is 0. The van der Waals surface area contributed by atoms with Gasteiger partial charge in [-0.15, -0.1) is 0 Å². The zero-order valence-electron chi connectivity index (χ0n) is 14.5. The summed E-state index contributed by atoms with van der Waals surface area (Å²) in [7, 11) is 0. The topological polar surface area (TPSA) is 81.9 Å². The maximum absolute atomic E-state index is 13.7. The molecule has 2 heterocycles. The maximum Gasteiger partial charge on any atom is 0.258 e. The van der Waals surface area contributed by atoms with Crippen LogP contribution in [0.2, 0.25) is 0 Å². The van der Waals surface area contributed by atoms with Gasteiger partial charge < -0.3 is 10.1 Å². The second-order valence-electron chi connectivity index (χ2n) is 5.73. The molecule has 0 fully saturated rings. The standard InChI is InChI=1S/C20H14FN5O2/c21-17-5-2-1-4-16(17)20(27)25-14-6-8-15(9-7-14)28-19-12-18(22-13-23-19)26-11-3-10-24-26/h1-13H,(H,25,27). The molecule has 2 aromatic heterocycles. The minimum atomic E-state index is -0.572. The lowest BCUT2D eigenvalue weighted by Gasteiger charge is -2.08. The summed E-state index contributed by atoms with van der Waals surface area (Å²) in [6, 6.07) is 15.9. The summed E-state index contributed by atoms with van der Waals surface area (Å²) in [5, 5.41) is 6.75. The van der Waals surface area contributed by atoms with E-state index < -0.39 is 11.7 Å². The molecule has 4 rings (SSSR count). The van der Waals surface area contributed by atoms with Crippen LogP contribution < -0.4 is 10.1 Å². The van der Waals surface area contributed by atoms with Crippen molar-refractivity contribution in [3.8, 4) is 17.4 Å². The predicted molar refractivity (Wildman–Crippen MR) is 100 cm³/mol. The van der Waals surface area contributed by atoms with Crippen molar-refractivity contribution in [1.82, 2.24) is 19.7 Å². The van der Waals surface area contributed by atoms with Crippen LogP contribution in [0.3, 0.4) is 0 Å². The zero-order chi connectivity index (χ0) is 19.3. The number of benzene rings is 2. The van der Waals surface area contributed by atoms with Gasteiger partial charge in [-0.3, -0.25) is 4.79 Å². The number of carbonyl (C=O) groups excluding carboxylic acids is 1. The van der Waals surface area contributed by atoms with Crippen LogP contribution in [0.1, 0.15) is 10.4 Å². The fourth-order valence-corrected chi connectivity index (χ4v) is 2.49. The summed E-state index contributed by atoms with van der Waals surface area (Å²) >= 11 is 0. The first-order chi connectivity index (χ1) is 13.7. The Morgan fingerprint density at radius 3 is 2.61 bits per heavy atom. The summed E-state index contributed by atoms with van der Waals surface area (Å²) < 4.78 is 21.0. The summed E-state index contributed by atoms with van der Waals surface area (Å²) in [4.78, 5) is 20.4. The molecule has 2 aromatic carbocycles. The van der Waals surface area contributed by atoms with E-state index >= 15 is 0 Å². The molecular formula is C20H14FN5O2. The Morgan fingerprint density at radius 1 is 1.04 bits per heavy atom. The molecule has 138 valence electrons. The van der Waals surface area contributed by atoms with E-state index in [0.29, 0.717) is 23.1 Å². The first kappa shape index (κ1) is 17.3. The molecular weight excluding hydrogens is 361 g/mol. The number of aromatic nitrogens is 4. The fraction of sp³-hybridized carbons (Fsp3) is 0. The number of ether oxygens (including phenoxy) is 1. The highest BCUT2D eigenvalue weighted by Crippen LogP contribution is 2.22. The van der Waals surface area contributed by atoms with Gasteiger partial charge in [0.15, 0.2) is 5.82 Å². The SMILES string of the molecule is O=C(Nc1ccc(Oc2cc(-n3cccn3)ncn2)cc1)c1ccccc1F. The normalized spacial score (nSPS) is 10.5. The van der Waals surface area contributed by atoms with Gasteiger partial charge in [0.2, 0.25) is 5.88 Å². The van der Waals surface area contributed by atoms with E-state index in [0.717, 1.165) is 0 Å². The lowest BCUT2D eigenvalue weighted by atomic mass is 10.2. The molecule has 4 aromatic rings. The Morgan fingerprint density at radius 2 is 1.86 bits per heavy atom. The molecule has 0 radical (unpaired) electrons. The van der Waals surface area contributed by atoms with E-state index in [-0.39, 0.29) is 5.56 Å². The molecule has 7 nitrogen and oxygen atoms in total. The molecule has 1 amide bonds. The second kappa shape index (κ2) is 7.67. The fourth-order valence-electron chi connectivity index (χ4n) is 2.49. The minimum Gasteiger partial charge on any atom is -0.439 e. The van der Waals surface area contributed by atoms with Crippen LogP contribution in [0.25, 0.3) is 5.82 Å². The molecule has 0 saturated heterocycles. The van der Waals surface area contributed by atoms with Gasteiger partial charge in [0, 0.05) is 24.1 Å². The number of carbonyl (C=O) groups is 1. The van der Waals surface area contributed by atoms with E-state index in [9.17, 15) is 9.18 Å². The van der Waals surface area contributed by atoms with E-state index in [4.69, 9.17) is 4.74 Å².